The third kappa shape index (κ3) is 3.04. The van der Waals surface area contributed by atoms with Gasteiger partial charge in [-0.15, -0.1) is 0 Å². The van der Waals surface area contributed by atoms with Crippen LogP contribution >= 0.6 is 11.6 Å². The molecule has 0 fully saturated rings. The van der Waals surface area contributed by atoms with Crippen LogP contribution in [-0.2, 0) is 13.0 Å². The number of carbonyl (C=O) groups excluding carboxylic acids is 1. The molecule has 0 aliphatic carbocycles. The second-order valence-corrected chi connectivity index (χ2v) is 3.60. The first-order chi connectivity index (χ1) is 6.63. The van der Waals surface area contributed by atoms with Gasteiger partial charge in [0.25, 0.3) is 0 Å². The molecule has 0 heterocycles. The lowest BCUT2D eigenvalue weighted by molar-refractivity contribution is 0.230. The largest absolute Gasteiger partial charge is 0.328 e. The SMILES string of the molecule is CCc1ccc(CN(C)C(=O)Cl)cc1. The molecule has 76 valence electrons. The van der Waals surface area contributed by atoms with Gasteiger partial charge in [-0.1, -0.05) is 31.2 Å². The van der Waals surface area contributed by atoms with E-state index in [0.29, 0.717) is 6.54 Å². The van der Waals surface area contributed by atoms with Crippen molar-refractivity contribution in [2.75, 3.05) is 7.05 Å². The van der Waals surface area contributed by atoms with Gasteiger partial charge in [-0.25, -0.2) is 0 Å². The minimum absolute atomic E-state index is 0.426. The minimum atomic E-state index is -0.426. The molecular weight excluding hydrogens is 198 g/mol. The van der Waals surface area contributed by atoms with Crippen LogP contribution in [0.15, 0.2) is 24.3 Å². The van der Waals surface area contributed by atoms with Crippen LogP contribution in [0.3, 0.4) is 0 Å². The highest BCUT2D eigenvalue weighted by atomic mass is 35.5. The Labute approximate surface area is 89.5 Å². The summed E-state index contributed by atoms with van der Waals surface area (Å²) in [6.07, 6.45) is 1.03. The lowest BCUT2D eigenvalue weighted by atomic mass is 10.1. The maximum Gasteiger partial charge on any atom is 0.316 e. The maximum absolute atomic E-state index is 10.8. The Morgan fingerprint density at radius 1 is 1.29 bits per heavy atom. The standard InChI is InChI=1S/C11H14ClNO/c1-3-9-4-6-10(7-5-9)8-13(2)11(12)14/h4-7H,3,8H2,1-2H3. The second-order valence-electron chi connectivity index (χ2n) is 3.28. The molecule has 0 spiro atoms. The highest BCUT2D eigenvalue weighted by Gasteiger charge is 2.04. The first-order valence-electron chi connectivity index (χ1n) is 4.62. The van der Waals surface area contributed by atoms with E-state index in [4.69, 9.17) is 11.6 Å². The number of hydrogen-bond acceptors (Lipinski definition) is 1. The van der Waals surface area contributed by atoms with Gasteiger partial charge in [-0.2, -0.15) is 0 Å². The molecule has 1 aromatic rings. The Morgan fingerprint density at radius 2 is 1.79 bits per heavy atom. The summed E-state index contributed by atoms with van der Waals surface area (Å²) in [7, 11) is 1.68. The molecule has 0 saturated heterocycles. The molecule has 0 aromatic heterocycles. The Morgan fingerprint density at radius 3 is 2.21 bits per heavy atom. The molecule has 1 amide bonds. The van der Waals surface area contributed by atoms with Crippen molar-refractivity contribution < 1.29 is 4.79 Å². The lowest BCUT2D eigenvalue weighted by Crippen LogP contribution is -2.19. The predicted octanol–water partition coefficient (Wildman–Crippen LogP) is 3.04. The molecule has 0 atom stereocenters. The fourth-order valence-corrected chi connectivity index (χ4v) is 1.28. The normalized spacial score (nSPS) is 9.93. The highest BCUT2D eigenvalue weighted by Crippen LogP contribution is 2.08. The first kappa shape index (κ1) is 11.1. The van der Waals surface area contributed by atoms with Crippen molar-refractivity contribution in [1.29, 1.82) is 0 Å². The summed E-state index contributed by atoms with van der Waals surface area (Å²) >= 11 is 5.32. The van der Waals surface area contributed by atoms with Crippen LogP contribution in [0.5, 0.6) is 0 Å². The zero-order chi connectivity index (χ0) is 10.6. The maximum atomic E-state index is 10.8. The second kappa shape index (κ2) is 5.01. The van der Waals surface area contributed by atoms with Gasteiger partial charge in [-0.3, -0.25) is 4.79 Å². The smallest absolute Gasteiger partial charge is 0.316 e. The van der Waals surface area contributed by atoms with Gasteiger partial charge in [0.1, 0.15) is 0 Å². The molecular formula is C11H14ClNO. The van der Waals surface area contributed by atoms with Gasteiger partial charge in [-0.05, 0) is 29.1 Å². The Hall–Kier alpha value is -1.02. The third-order valence-electron chi connectivity index (χ3n) is 2.15. The van der Waals surface area contributed by atoms with Crippen molar-refractivity contribution in [2.24, 2.45) is 0 Å². The van der Waals surface area contributed by atoms with Crippen LogP contribution in [0.2, 0.25) is 0 Å². The van der Waals surface area contributed by atoms with E-state index in [1.165, 1.54) is 10.5 Å². The number of halogens is 1. The van der Waals surface area contributed by atoms with Gasteiger partial charge >= 0.3 is 5.37 Å². The van der Waals surface area contributed by atoms with E-state index in [2.05, 4.69) is 19.1 Å². The molecule has 0 bridgehead atoms. The van der Waals surface area contributed by atoms with E-state index in [1.807, 2.05) is 12.1 Å². The van der Waals surface area contributed by atoms with Crippen molar-refractivity contribution in [3.63, 3.8) is 0 Å². The van der Waals surface area contributed by atoms with E-state index < -0.39 is 5.37 Å². The quantitative estimate of drug-likeness (QED) is 0.556. The van der Waals surface area contributed by atoms with Crippen LogP contribution in [0, 0.1) is 0 Å². The minimum Gasteiger partial charge on any atom is -0.328 e. The van der Waals surface area contributed by atoms with Crippen LogP contribution in [0.4, 0.5) is 4.79 Å². The first-order valence-corrected chi connectivity index (χ1v) is 4.99. The fourth-order valence-electron chi connectivity index (χ4n) is 1.22. The molecule has 0 unspecified atom stereocenters. The fraction of sp³-hybridized carbons (Fsp3) is 0.364. The summed E-state index contributed by atoms with van der Waals surface area (Å²) in [5.41, 5.74) is 2.40. The predicted molar refractivity (Wildman–Crippen MR) is 58.5 cm³/mol. The summed E-state index contributed by atoms with van der Waals surface area (Å²) in [5, 5.41) is -0.426. The molecule has 0 N–H and O–H groups in total. The number of aryl methyl sites for hydroxylation is 1. The average Bonchev–Trinajstić information content (AvgIpc) is 2.19. The van der Waals surface area contributed by atoms with E-state index in [0.717, 1.165) is 12.0 Å². The zero-order valence-corrected chi connectivity index (χ0v) is 9.21. The Kier molecular flexibility index (Phi) is 3.96. The molecule has 2 nitrogen and oxygen atoms in total. The Bertz CT molecular complexity index is 308. The summed E-state index contributed by atoms with van der Waals surface area (Å²) in [6, 6.07) is 8.19. The van der Waals surface area contributed by atoms with E-state index in [9.17, 15) is 4.79 Å². The lowest BCUT2D eigenvalue weighted by Gasteiger charge is -2.13. The van der Waals surface area contributed by atoms with Crippen molar-refractivity contribution in [2.45, 2.75) is 19.9 Å². The van der Waals surface area contributed by atoms with Crippen LogP contribution in [-0.4, -0.2) is 17.3 Å². The van der Waals surface area contributed by atoms with Gasteiger partial charge < -0.3 is 4.90 Å². The summed E-state index contributed by atoms with van der Waals surface area (Å²) in [5.74, 6) is 0. The van der Waals surface area contributed by atoms with Crippen LogP contribution in [0.1, 0.15) is 18.1 Å². The summed E-state index contributed by atoms with van der Waals surface area (Å²) in [4.78, 5) is 12.2. The number of hydrogen-bond donors (Lipinski definition) is 0. The van der Waals surface area contributed by atoms with E-state index in [-0.39, 0.29) is 0 Å². The van der Waals surface area contributed by atoms with Crippen molar-refractivity contribution >= 4 is 17.0 Å². The molecule has 3 heteroatoms. The highest BCUT2D eigenvalue weighted by molar-refractivity contribution is 6.62. The number of carbonyl (C=O) groups is 1. The van der Waals surface area contributed by atoms with E-state index >= 15 is 0 Å². The number of nitrogens with zero attached hydrogens (tertiary/aromatic N) is 1. The molecule has 0 saturated carbocycles. The average molecular weight is 212 g/mol. The Balaban J connectivity index is 2.64. The van der Waals surface area contributed by atoms with Crippen LogP contribution < -0.4 is 0 Å². The van der Waals surface area contributed by atoms with E-state index in [1.54, 1.807) is 7.05 Å². The van der Waals surface area contributed by atoms with Crippen molar-refractivity contribution in [3.05, 3.63) is 35.4 Å². The molecule has 0 radical (unpaired) electrons. The van der Waals surface area contributed by atoms with Crippen molar-refractivity contribution in [1.82, 2.24) is 4.90 Å². The molecule has 14 heavy (non-hydrogen) atoms. The van der Waals surface area contributed by atoms with Crippen molar-refractivity contribution in [3.8, 4) is 0 Å². The number of amides is 1. The van der Waals surface area contributed by atoms with Gasteiger partial charge in [0.15, 0.2) is 0 Å². The molecule has 0 aliphatic rings. The molecule has 1 rings (SSSR count). The van der Waals surface area contributed by atoms with Crippen LogP contribution in [0.25, 0.3) is 0 Å². The molecule has 1 aromatic carbocycles. The monoisotopic (exact) mass is 211 g/mol. The number of benzene rings is 1. The molecule has 0 aliphatic heterocycles. The van der Waals surface area contributed by atoms with Gasteiger partial charge in [0, 0.05) is 13.6 Å². The summed E-state index contributed by atoms with van der Waals surface area (Å²) < 4.78 is 0. The van der Waals surface area contributed by atoms with Gasteiger partial charge in [0.2, 0.25) is 0 Å². The third-order valence-corrected chi connectivity index (χ3v) is 2.44. The number of rotatable bonds is 3. The summed E-state index contributed by atoms with van der Waals surface area (Å²) in [6.45, 7) is 2.68. The topological polar surface area (TPSA) is 20.3 Å². The zero-order valence-electron chi connectivity index (χ0n) is 8.46. The van der Waals surface area contributed by atoms with Gasteiger partial charge in [0.05, 0.1) is 0 Å².